The molecule has 0 radical (unpaired) electrons. The molecular weight excluding hydrogens is 410 g/mol. The van der Waals surface area contributed by atoms with Crippen molar-refractivity contribution in [1.82, 2.24) is 10.2 Å². The third-order valence-corrected chi connectivity index (χ3v) is 4.17. The maximum atomic E-state index is 13.2. The summed E-state index contributed by atoms with van der Waals surface area (Å²) in [7, 11) is 1.54. The molecule has 168 valence electrons. The molecule has 0 fully saturated rings. The Morgan fingerprint density at radius 3 is 2.22 bits per heavy atom. The van der Waals surface area contributed by atoms with E-state index >= 15 is 0 Å². The van der Waals surface area contributed by atoms with Crippen molar-refractivity contribution in [1.29, 1.82) is 0 Å². The Balaban J connectivity index is 2.21. The topological polar surface area (TPSA) is 97.0 Å². The fourth-order valence-electron chi connectivity index (χ4n) is 2.78. The third kappa shape index (κ3) is 7.06. The zero-order valence-electron chi connectivity index (χ0n) is 18.5. The molecule has 1 atom stereocenters. The van der Waals surface area contributed by atoms with E-state index in [1.54, 1.807) is 82.5 Å². The molecule has 3 amide bonds. The number of methoxy groups -OCH3 is 1. The van der Waals surface area contributed by atoms with Crippen molar-refractivity contribution in [2.45, 2.75) is 32.4 Å². The Hall–Kier alpha value is -3.99. The van der Waals surface area contributed by atoms with E-state index in [0.717, 1.165) is 4.90 Å². The normalized spacial score (nSPS) is 11.5. The van der Waals surface area contributed by atoms with Gasteiger partial charge >= 0.3 is 6.09 Å². The molecule has 8 heteroatoms. The predicted octanol–water partition coefficient (Wildman–Crippen LogP) is 3.32. The van der Waals surface area contributed by atoms with Crippen molar-refractivity contribution in [2.75, 3.05) is 19.0 Å². The van der Waals surface area contributed by atoms with E-state index in [1.165, 1.54) is 0 Å². The molecule has 2 aromatic rings. The SMILES string of the molecule is C#CN(C(=O)CNC(=O)OC(C)(C)C)C(C(=O)Nc1ccc(OC)cc1)c1ccccc1. The summed E-state index contributed by atoms with van der Waals surface area (Å²) in [6.45, 7) is 4.68. The highest BCUT2D eigenvalue weighted by Crippen LogP contribution is 2.23. The number of terminal acetylenes is 1. The summed E-state index contributed by atoms with van der Waals surface area (Å²) in [5.41, 5.74) is 0.305. The van der Waals surface area contributed by atoms with Gasteiger partial charge in [-0.1, -0.05) is 36.8 Å². The minimum absolute atomic E-state index is 0.432. The number of hydrogen-bond acceptors (Lipinski definition) is 5. The number of hydrogen-bond donors (Lipinski definition) is 2. The van der Waals surface area contributed by atoms with Gasteiger partial charge in [0.25, 0.3) is 11.8 Å². The van der Waals surface area contributed by atoms with Crippen LogP contribution in [0.1, 0.15) is 32.4 Å². The maximum absolute atomic E-state index is 13.2. The average molecular weight is 437 g/mol. The van der Waals surface area contributed by atoms with Gasteiger partial charge in [0.1, 0.15) is 23.9 Å². The van der Waals surface area contributed by atoms with Gasteiger partial charge in [-0.25, -0.2) is 4.79 Å². The van der Waals surface area contributed by atoms with Crippen LogP contribution in [0, 0.1) is 12.5 Å². The molecule has 0 aromatic heterocycles. The minimum Gasteiger partial charge on any atom is -0.497 e. The number of amides is 3. The van der Waals surface area contributed by atoms with Gasteiger partial charge in [0.05, 0.1) is 7.11 Å². The van der Waals surface area contributed by atoms with Crippen LogP contribution in [0.3, 0.4) is 0 Å². The third-order valence-electron chi connectivity index (χ3n) is 4.17. The van der Waals surface area contributed by atoms with E-state index in [-0.39, 0.29) is 0 Å². The van der Waals surface area contributed by atoms with Crippen LogP contribution in [0.4, 0.5) is 10.5 Å². The summed E-state index contributed by atoms with van der Waals surface area (Å²) in [5.74, 6) is -0.515. The van der Waals surface area contributed by atoms with Crippen LogP contribution < -0.4 is 15.4 Å². The Labute approximate surface area is 187 Å². The molecule has 0 bridgehead atoms. The lowest BCUT2D eigenvalue weighted by Crippen LogP contribution is -2.44. The summed E-state index contributed by atoms with van der Waals surface area (Å²) < 4.78 is 10.2. The number of nitrogens with one attached hydrogen (secondary N) is 2. The van der Waals surface area contributed by atoms with Crippen molar-refractivity contribution < 1.29 is 23.9 Å². The lowest BCUT2D eigenvalue weighted by atomic mass is 10.0. The number of anilines is 1. The van der Waals surface area contributed by atoms with Crippen LogP contribution in [0.15, 0.2) is 54.6 Å². The summed E-state index contributed by atoms with van der Waals surface area (Å²) in [6.07, 6.45) is 4.84. The molecule has 32 heavy (non-hydrogen) atoms. The first-order valence-electron chi connectivity index (χ1n) is 9.89. The van der Waals surface area contributed by atoms with Crippen molar-refractivity contribution in [3.63, 3.8) is 0 Å². The van der Waals surface area contributed by atoms with Gasteiger partial charge in [0.15, 0.2) is 0 Å². The minimum atomic E-state index is -1.11. The van der Waals surface area contributed by atoms with Crippen molar-refractivity contribution in [2.24, 2.45) is 0 Å². The zero-order valence-corrected chi connectivity index (χ0v) is 18.5. The second-order valence-electron chi connectivity index (χ2n) is 7.78. The summed E-state index contributed by atoms with van der Waals surface area (Å²) in [6, 6.07) is 16.5. The summed E-state index contributed by atoms with van der Waals surface area (Å²) in [5, 5.41) is 5.13. The van der Waals surface area contributed by atoms with E-state index in [0.29, 0.717) is 17.0 Å². The second-order valence-corrected chi connectivity index (χ2v) is 7.78. The average Bonchev–Trinajstić information content (AvgIpc) is 2.75. The number of alkyl carbamates (subject to hydrolysis) is 1. The van der Waals surface area contributed by atoms with Crippen LogP contribution in [-0.2, 0) is 14.3 Å². The number of carbonyl (C=O) groups excluding carboxylic acids is 3. The number of nitrogens with zero attached hydrogens (tertiary/aromatic N) is 1. The van der Waals surface area contributed by atoms with E-state index < -0.39 is 36.1 Å². The first kappa shape index (κ1) is 24.3. The van der Waals surface area contributed by atoms with Crippen molar-refractivity contribution >= 4 is 23.6 Å². The van der Waals surface area contributed by atoms with Gasteiger partial charge in [0.2, 0.25) is 0 Å². The second kappa shape index (κ2) is 10.9. The zero-order chi connectivity index (χ0) is 23.7. The maximum Gasteiger partial charge on any atom is 0.408 e. The molecule has 1 unspecified atom stereocenters. The van der Waals surface area contributed by atoms with Crippen LogP contribution in [-0.4, -0.2) is 42.1 Å². The number of carbonyl (C=O) groups is 3. The fourth-order valence-corrected chi connectivity index (χ4v) is 2.78. The highest BCUT2D eigenvalue weighted by molar-refractivity contribution is 5.99. The Morgan fingerprint density at radius 2 is 1.69 bits per heavy atom. The van der Waals surface area contributed by atoms with Crippen molar-refractivity contribution in [3.05, 3.63) is 60.2 Å². The van der Waals surface area contributed by atoms with E-state index in [9.17, 15) is 14.4 Å². The van der Waals surface area contributed by atoms with Gasteiger partial charge in [-0.05, 0) is 50.6 Å². The number of ether oxygens (including phenoxy) is 2. The van der Waals surface area contributed by atoms with Gasteiger partial charge in [-0.3, -0.25) is 14.5 Å². The monoisotopic (exact) mass is 437 g/mol. The first-order chi connectivity index (χ1) is 15.1. The molecule has 2 aromatic carbocycles. The molecule has 0 aliphatic carbocycles. The van der Waals surface area contributed by atoms with Crippen molar-refractivity contribution in [3.8, 4) is 18.2 Å². The van der Waals surface area contributed by atoms with Crippen LogP contribution >= 0.6 is 0 Å². The van der Waals surface area contributed by atoms with Gasteiger partial charge in [0, 0.05) is 11.7 Å². The standard InChI is InChI=1S/C24H27N3O5/c1-6-27(20(28)16-25-23(30)32-24(2,3)4)21(17-10-8-7-9-11-17)22(29)26-18-12-14-19(31-5)15-13-18/h1,7-15,21H,16H2,2-5H3,(H,25,30)(H,26,29). The van der Waals surface area contributed by atoms with Gasteiger partial charge in [-0.2, -0.15) is 0 Å². The lowest BCUT2D eigenvalue weighted by Gasteiger charge is -2.27. The quantitative estimate of drug-likeness (QED) is 0.512. The van der Waals surface area contributed by atoms with E-state index in [4.69, 9.17) is 15.9 Å². The predicted molar refractivity (Wildman–Crippen MR) is 121 cm³/mol. The van der Waals surface area contributed by atoms with E-state index in [2.05, 4.69) is 16.7 Å². The Morgan fingerprint density at radius 1 is 1.06 bits per heavy atom. The number of benzene rings is 2. The summed E-state index contributed by atoms with van der Waals surface area (Å²) >= 11 is 0. The van der Waals surface area contributed by atoms with Crippen LogP contribution in [0.2, 0.25) is 0 Å². The first-order valence-corrected chi connectivity index (χ1v) is 9.89. The molecule has 8 nitrogen and oxygen atoms in total. The lowest BCUT2D eigenvalue weighted by molar-refractivity contribution is -0.134. The molecule has 0 spiro atoms. The number of rotatable bonds is 7. The molecular formula is C24H27N3O5. The van der Waals surface area contributed by atoms with Gasteiger partial charge < -0.3 is 20.1 Å². The van der Waals surface area contributed by atoms with Gasteiger partial charge in [-0.15, -0.1) is 0 Å². The molecule has 0 aliphatic heterocycles. The molecule has 0 saturated carbocycles. The van der Waals surface area contributed by atoms with E-state index in [1.807, 2.05) is 0 Å². The Kier molecular flexibility index (Phi) is 8.24. The molecule has 0 aliphatic rings. The Bertz CT molecular complexity index is 975. The fraction of sp³-hybridized carbons (Fsp3) is 0.292. The highest BCUT2D eigenvalue weighted by Gasteiger charge is 2.31. The van der Waals surface area contributed by atoms with Crippen LogP contribution in [0.25, 0.3) is 0 Å². The highest BCUT2D eigenvalue weighted by atomic mass is 16.6. The molecule has 0 heterocycles. The van der Waals surface area contributed by atoms with Crippen LogP contribution in [0.5, 0.6) is 5.75 Å². The molecule has 0 saturated heterocycles. The smallest absolute Gasteiger partial charge is 0.408 e. The largest absolute Gasteiger partial charge is 0.497 e. The summed E-state index contributed by atoms with van der Waals surface area (Å²) in [4.78, 5) is 38.8. The molecule has 2 rings (SSSR count). The molecule has 2 N–H and O–H groups in total.